The molecule has 3 amide bonds. The van der Waals surface area contributed by atoms with Gasteiger partial charge in [0.15, 0.2) is 15.4 Å². The molecule has 2 aliphatic heterocycles. The molecule has 2 atom stereocenters. The second kappa shape index (κ2) is 6.17. The smallest absolute Gasteiger partial charge is 0.325 e. The number of rotatable bonds is 3. The van der Waals surface area contributed by atoms with Gasteiger partial charge in [-0.2, -0.15) is 0 Å². The summed E-state index contributed by atoms with van der Waals surface area (Å²) in [5.41, 5.74) is -0.342. The Morgan fingerprint density at radius 2 is 1.44 bits per heavy atom. The molecule has 0 unspecified atom stereocenters. The van der Waals surface area contributed by atoms with Crippen LogP contribution in [0.3, 0.4) is 0 Å². The summed E-state index contributed by atoms with van der Waals surface area (Å²) in [6, 6.07) is 15.8. The number of nitrogens with zero attached hydrogens (tertiary/aromatic N) is 1. The van der Waals surface area contributed by atoms with E-state index in [0.717, 1.165) is 4.90 Å². The van der Waals surface area contributed by atoms with Gasteiger partial charge in [0.1, 0.15) is 0 Å². The lowest BCUT2D eigenvalue weighted by molar-refractivity contribution is -0.132. The van der Waals surface area contributed by atoms with Gasteiger partial charge in [-0.1, -0.05) is 60.7 Å². The lowest BCUT2D eigenvalue weighted by Gasteiger charge is -2.29. The minimum absolute atomic E-state index is 0.438. The van der Waals surface area contributed by atoms with E-state index in [1.165, 1.54) is 0 Å². The summed E-state index contributed by atoms with van der Waals surface area (Å²) in [5.74, 6) is -1.49. The summed E-state index contributed by atoms with van der Waals surface area (Å²) in [6.07, 6.45) is -1.30. The first-order valence-corrected chi connectivity index (χ1v) is 10.3. The fraction of sp³-hybridized carbons (Fsp3) is 0.263. The molecule has 2 aliphatic rings. The van der Waals surface area contributed by atoms with Crippen molar-refractivity contribution in [2.75, 3.05) is 11.5 Å². The number of sulfone groups is 1. The first-order chi connectivity index (χ1) is 12.8. The standard InChI is InChI=1S/C19H18N2O5S/c22-16-12-27(25,26)11-15(16)21-17(23)19(20-18(21)24,13-7-3-1-4-8-13)14-9-5-2-6-10-14/h1-10,15-16,22H,11-12H2,(H,20,24)/t15-,16+/m1/s1. The van der Waals surface area contributed by atoms with Crippen LogP contribution in [0.5, 0.6) is 0 Å². The van der Waals surface area contributed by atoms with Gasteiger partial charge in [0.2, 0.25) is 0 Å². The highest BCUT2D eigenvalue weighted by Gasteiger charge is 2.58. The highest BCUT2D eigenvalue weighted by Crippen LogP contribution is 2.38. The number of hydrogen-bond acceptors (Lipinski definition) is 5. The molecule has 0 spiro atoms. The van der Waals surface area contributed by atoms with E-state index in [9.17, 15) is 23.1 Å². The van der Waals surface area contributed by atoms with Crippen LogP contribution >= 0.6 is 0 Å². The number of aliphatic hydroxyl groups excluding tert-OH is 1. The number of benzene rings is 2. The molecule has 4 rings (SSSR count). The Balaban J connectivity index is 1.85. The van der Waals surface area contributed by atoms with Crippen LogP contribution in [0.4, 0.5) is 4.79 Å². The highest BCUT2D eigenvalue weighted by atomic mass is 32.2. The summed E-state index contributed by atoms with van der Waals surface area (Å²) in [5, 5.41) is 12.9. The maximum atomic E-state index is 13.5. The fourth-order valence-corrected chi connectivity index (χ4v) is 5.61. The molecule has 2 aromatic rings. The molecule has 140 valence electrons. The van der Waals surface area contributed by atoms with Crippen LogP contribution in [-0.4, -0.2) is 54.0 Å². The van der Waals surface area contributed by atoms with Gasteiger partial charge in [0.25, 0.3) is 5.91 Å². The Morgan fingerprint density at radius 3 is 1.89 bits per heavy atom. The zero-order valence-electron chi connectivity index (χ0n) is 14.3. The van der Waals surface area contributed by atoms with Crippen molar-refractivity contribution in [3.63, 3.8) is 0 Å². The van der Waals surface area contributed by atoms with Crippen molar-refractivity contribution >= 4 is 21.8 Å². The van der Waals surface area contributed by atoms with Crippen LogP contribution in [0.15, 0.2) is 60.7 Å². The molecule has 2 saturated heterocycles. The third-order valence-electron chi connectivity index (χ3n) is 5.09. The number of nitrogens with one attached hydrogen (secondary N) is 1. The molecule has 8 heteroatoms. The van der Waals surface area contributed by atoms with Gasteiger partial charge < -0.3 is 10.4 Å². The summed E-state index contributed by atoms with van der Waals surface area (Å²) in [4.78, 5) is 27.2. The molecule has 0 radical (unpaired) electrons. The first-order valence-electron chi connectivity index (χ1n) is 8.50. The van der Waals surface area contributed by atoms with E-state index in [2.05, 4.69) is 5.32 Å². The summed E-state index contributed by atoms with van der Waals surface area (Å²) < 4.78 is 23.8. The maximum Gasteiger partial charge on any atom is 0.325 e. The Hall–Kier alpha value is -2.71. The highest BCUT2D eigenvalue weighted by molar-refractivity contribution is 7.91. The summed E-state index contributed by atoms with van der Waals surface area (Å²) in [7, 11) is -3.52. The van der Waals surface area contributed by atoms with Gasteiger partial charge in [0.05, 0.1) is 23.7 Å². The number of amides is 3. The van der Waals surface area contributed by atoms with E-state index >= 15 is 0 Å². The predicted molar refractivity (Wildman–Crippen MR) is 97.5 cm³/mol. The average Bonchev–Trinajstić information content (AvgIpc) is 3.08. The van der Waals surface area contributed by atoms with Gasteiger partial charge >= 0.3 is 6.03 Å². The van der Waals surface area contributed by atoms with Gasteiger partial charge in [0, 0.05) is 0 Å². The van der Waals surface area contributed by atoms with Gasteiger partial charge in [-0.3, -0.25) is 9.69 Å². The molecular weight excluding hydrogens is 368 g/mol. The molecule has 2 N–H and O–H groups in total. The quantitative estimate of drug-likeness (QED) is 0.754. The molecular formula is C19H18N2O5S. The second-order valence-corrected chi connectivity index (χ2v) is 8.95. The third-order valence-corrected chi connectivity index (χ3v) is 6.79. The van der Waals surface area contributed by atoms with Crippen molar-refractivity contribution in [1.82, 2.24) is 10.2 Å². The monoisotopic (exact) mass is 386 g/mol. The van der Waals surface area contributed by atoms with Crippen molar-refractivity contribution in [3.05, 3.63) is 71.8 Å². The minimum atomic E-state index is -3.52. The van der Waals surface area contributed by atoms with Crippen molar-refractivity contribution in [1.29, 1.82) is 0 Å². The van der Waals surface area contributed by atoms with E-state index in [4.69, 9.17) is 0 Å². The molecule has 27 heavy (non-hydrogen) atoms. The number of aliphatic hydroxyl groups is 1. The number of imide groups is 1. The van der Waals surface area contributed by atoms with Crippen LogP contribution in [0.2, 0.25) is 0 Å². The van der Waals surface area contributed by atoms with Crippen molar-refractivity contribution in [2.24, 2.45) is 0 Å². The van der Waals surface area contributed by atoms with Gasteiger partial charge in [-0.25, -0.2) is 13.2 Å². The van der Waals surface area contributed by atoms with E-state index in [-0.39, 0.29) is 0 Å². The topological polar surface area (TPSA) is 104 Å². The number of urea groups is 1. The predicted octanol–water partition coefficient (Wildman–Crippen LogP) is 0.640. The number of carbonyl (C=O) groups is 2. The van der Waals surface area contributed by atoms with Crippen LogP contribution < -0.4 is 5.32 Å². The second-order valence-electron chi connectivity index (χ2n) is 6.80. The molecule has 2 heterocycles. The van der Waals surface area contributed by atoms with E-state index in [0.29, 0.717) is 11.1 Å². The van der Waals surface area contributed by atoms with Gasteiger partial charge in [-0.15, -0.1) is 0 Å². The van der Waals surface area contributed by atoms with Crippen LogP contribution in [-0.2, 0) is 20.2 Å². The van der Waals surface area contributed by atoms with Crippen LogP contribution in [0.25, 0.3) is 0 Å². The Morgan fingerprint density at radius 1 is 0.926 bits per heavy atom. The lowest BCUT2D eigenvalue weighted by atomic mass is 9.82. The molecule has 0 saturated carbocycles. The molecule has 2 fully saturated rings. The molecule has 0 aromatic heterocycles. The Labute approximate surface area is 156 Å². The van der Waals surface area contributed by atoms with Crippen molar-refractivity contribution < 1.29 is 23.1 Å². The Bertz CT molecular complexity index is 952. The minimum Gasteiger partial charge on any atom is -0.390 e. The molecule has 0 aliphatic carbocycles. The molecule has 7 nitrogen and oxygen atoms in total. The summed E-state index contributed by atoms with van der Waals surface area (Å²) >= 11 is 0. The van der Waals surface area contributed by atoms with Crippen LogP contribution in [0, 0.1) is 0 Å². The first kappa shape index (κ1) is 17.7. The van der Waals surface area contributed by atoms with E-state index < -0.39 is 51.0 Å². The third kappa shape index (κ3) is 2.72. The lowest BCUT2D eigenvalue weighted by Crippen LogP contribution is -2.49. The normalized spacial score (nSPS) is 26.2. The van der Waals surface area contributed by atoms with E-state index in [1.54, 1.807) is 60.7 Å². The Kier molecular flexibility index (Phi) is 4.05. The van der Waals surface area contributed by atoms with Crippen molar-refractivity contribution in [2.45, 2.75) is 17.7 Å². The van der Waals surface area contributed by atoms with Gasteiger partial charge in [-0.05, 0) is 11.1 Å². The zero-order chi connectivity index (χ0) is 19.2. The van der Waals surface area contributed by atoms with E-state index in [1.807, 2.05) is 0 Å². The summed E-state index contributed by atoms with van der Waals surface area (Å²) in [6.45, 7) is 0. The largest absolute Gasteiger partial charge is 0.390 e. The molecule has 0 bridgehead atoms. The zero-order valence-corrected chi connectivity index (χ0v) is 15.1. The fourth-order valence-electron chi connectivity index (χ4n) is 3.84. The molecule has 2 aromatic carbocycles. The SMILES string of the molecule is O=C1NC(c2ccccc2)(c2ccccc2)C(=O)N1[C@@H]1CS(=O)(=O)C[C@@H]1O. The number of carbonyl (C=O) groups excluding carboxylic acids is 2. The van der Waals surface area contributed by atoms with Crippen LogP contribution in [0.1, 0.15) is 11.1 Å². The van der Waals surface area contributed by atoms with Crippen molar-refractivity contribution in [3.8, 4) is 0 Å². The number of hydrogen-bond donors (Lipinski definition) is 2. The average molecular weight is 386 g/mol. The maximum absolute atomic E-state index is 13.5.